The van der Waals surface area contributed by atoms with Gasteiger partial charge in [0.25, 0.3) is 0 Å². The van der Waals surface area contributed by atoms with E-state index in [0.29, 0.717) is 12.9 Å². The van der Waals surface area contributed by atoms with Gasteiger partial charge in [-0.15, -0.1) is 0 Å². The second-order valence-corrected chi connectivity index (χ2v) is 4.80. The Bertz CT molecular complexity index is 201. The Labute approximate surface area is 92.6 Å². The molecule has 2 aliphatic carbocycles. The third kappa shape index (κ3) is 2.75. The molecule has 2 aliphatic rings. The van der Waals surface area contributed by atoms with Crippen molar-refractivity contribution in [1.29, 1.82) is 0 Å². The van der Waals surface area contributed by atoms with Crippen molar-refractivity contribution in [2.75, 3.05) is 6.79 Å². The monoisotopic (exact) mass is 210 g/mol. The van der Waals surface area contributed by atoms with Gasteiger partial charge in [0.05, 0.1) is 12.4 Å². The summed E-state index contributed by atoms with van der Waals surface area (Å²) in [5.74, 6) is 1.74. The summed E-state index contributed by atoms with van der Waals surface area (Å²) in [6.07, 6.45) is 11.5. The standard InChI is InChI=1S/C13H22O2/c1-2-14-10-15-13-9-5-7-11-6-3-4-8-12(11)13/h2,11-13H,1,3-10H2. The van der Waals surface area contributed by atoms with Crippen LogP contribution in [0.5, 0.6) is 0 Å². The van der Waals surface area contributed by atoms with E-state index in [4.69, 9.17) is 9.47 Å². The molecule has 15 heavy (non-hydrogen) atoms. The van der Waals surface area contributed by atoms with Crippen LogP contribution in [0, 0.1) is 11.8 Å². The Morgan fingerprint density at radius 2 is 1.87 bits per heavy atom. The first kappa shape index (κ1) is 11.0. The zero-order valence-electron chi connectivity index (χ0n) is 9.49. The van der Waals surface area contributed by atoms with E-state index < -0.39 is 0 Å². The molecule has 0 spiro atoms. The highest BCUT2D eigenvalue weighted by Crippen LogP contribution is 2.41. The molecule has 3 atom stereocenters. The maximum Gasteiger partial charge on any atom is 0.188 e. The lowest BCUT2D eigenvalue weighted by atomic mass is 9.69. The zero-order valence-corrected chi connectivity index (χ0v) is 9.49. The van der Waals surface area contributed by atoms with Crippen molar-refractivity contribution >= 4 is 0 Å². The first-order valence-electron chi connectivity index (χ1n) is 6.26. The zero-order chi connectivity index (χ0) is 10.5. The molecular weight excluding hydrogens is 188 g/mol. The predicted octanol–water partition coefficient (Wildman–Crippen LogP) is 3.48. The molecule has 3 unspecified atom stereocenters. The van der Waals surface area contributed by atoms with Crippen molar-refractivity contribution in [1.82, 2.24) is 0 Å². The number of hydrogen-bond acceptors (Lipinski definition) is 2. The first-order chi connectivity index (χ1) is 7.42. The van der Waals surface area contributed by atoms with E-state index >= 15 is 0 Å². The second kappa shape index (κ2) is 5.55. The molecule has 2 saturated carbocycles. The second-order valence-electron chi connectivity index (χ2n) is 4.80. The molecule has 0 aromatic carbocycles. The largest absolute Gasteiger partial charge is 0.476 e. The van der Waals surface area contributed by atoms with Crippen LogP contribution >= 0.6 is 0 Å². The van der Waals surface area contributed by atoms with Crippen LogP contribution in [0.2, 0.25) is 0 Å². The maximum absolute atomic E-state index is 5.80. The highest BCUT2D eigenvalue weighted by Gasteiger charge is 2.35. The van der Waals surface area contributed by atoms with Crippen LogP contribution in [-0.2, 0) is 9.47 Å². The van der Waals surface area contributed by atoms with Gasteiger partial charge in [-0.3, -0.25) is 0 Å². The van der Waals surface area contributed by atoms with Crippen molar-refractivity contribution in [3.8, 4) is 0 Å². The molecular formula is C13H22O2. The first-order valence-corrected chi connectivity index (χ1v) is 6.26. The third-order valence-electron chi connectivity index (χ3n) is 3.98. The van der Waals surface area contributed by atoms with Crippen LogP contribution in [0.1, 0.15) is 44.9 Å². The van der Waals surface area contributed by atoms with Gasteiger partial charge in [0.1, 0.15) is 0 Å². The predicted molar refractivity (Wildman–Crippen MR) is 60.3 cm³/mol. The van der Waals surface area contributed by atoms with E-state index in [1.807, 2.05) is 0 Å². The minimum Gasteiger partial charge on any atom is -0.476 e. The molecule has 0 aromatic rings. The summed E-state index contributed by atoms with van der Waals surface area (Å²) in [6, 6.07) is 0. The van der Waals surface area contributed by atoms with Gasteiger partial charge in [-0.05, 0) is 31.1 Å². The van der Waals surface area contributed by atoms with Crippen LogP contribution in [0.25, 0.3) is 0 Å². The number of fused-ring (bicyclic) bond motifs is 1. The van der Waals surface area contributed by atoms with Crippen molar-refractivity contribution in [2.24, 2.45) is 11.8 Å². The van der Waals surface area contributed by atoms with Crippen LogP contribution in [0.3, 0.4) is 0 Å². The van der Waals surface area contributed by atoms with Crippen LogP contribution < -0.4 is 0 Å². The van der Waals surface area contributed by atoms with Crippen LogP contribution in [0.4, 0.5) is 0 Å². The fourth-order valence-electron chi connectivity index (χ4n) is 3.26. The number of hydrogen-bond donors (Lipinski definition) is 0. The lowest BCUT2D eigenvalue weighted by Gasteiger charge is -2.40. The molecule has 0 aliphatic heterocycles. The lowest BCUT2D eigenvalue weighted by molar-refractivity contribution is -0.109. The fraction of sp³-hybridized carbons (Fsp3) is 0.846. The Balaban J connectivity index is 1.83. The van der Waals surface area contributed by atoms with Crippen LogP contribution in [-0.4, -0.2) is 12.9 Å². The summed E-state index contributed by atoms with van der Waals surface area (Å²) in [7, 11) is 0. The maximum atomic E-state index is 5.80. The molecule has 2 fully saturated rings. The van der Waals surface area contributed by atoms with E-state index in [2.05, 4.69) is 6.58 Å². The normalized spacial score (nSPS) is 35.6. The summed E-state index contributed by atoms with van der Waals surface area (Å²) in [5, 5.41) is 0. The molecule has 0 N–H and O–H groups in total. The summed E-state index contributed by atoms with van der Waals surface area (Å²) < 4.78 is 10.9. The molecule has 0 amide bonds. The topological polar surface area (TPSA) is 18.5 Å². The molecule has 2 rings (SSSR count). The fourth-order valence-corrected chi connectivity index (χ4v) is 3.26. The van der Waals surface area contributed by atoms with E-state index in [9.17, 15) is 0 Å². The number of rotatable bonds is 4. The lowest BCUT2D eigenvalue weighted by Crippen LogP contribution is -2.36. The molecule has 2 nitrogen and oxygen atoms in total. The highest BCUT2D eigenvalue weighted by molar-refractivity contribution is 4.85. The van der Waals surface area contributed by atoms with Gasteiger partial charge in [-0.25, -0.2) is 0 Å². The van der Waals surface area contributed by atoms with Gasteiger partial charge in [-0.2, -0.15) is 0 Å². The van der Waals surface area contributed by atoms with Gasteiger partial charge in [-0.1, -0.05) is 32.3 Å². The van der Waals surface area contributed by atoms with Crippen molar-refractivity contribution in [2.45, 2.75) is 51.0 Å². The van der Waals surface area contributed by atoms with Gasteiger partial charge in [0, 0.05) is 0 Å². The molecule has 0 heterocycles. The van der Waals surface area contributed by atoms with Gasteiger partial charge < -0.3 is 9.47 Å². The quantitative estimate of drug-likeness (QED) is 0.402. The van der Waals surface area contributed by atoms with Crippen molar-refractivity contribution in [3.05, 3.63) is 12.8 Å². The molecule has 0 bridgehead atoms. The SMILES string of the molecule is C=COCOC1CCCC2CCCCC21. The summed E-state index contributed by atoms with van der Waals surface area (Å²) in [4.78, 5) is 0. The van der Waals surface area contributed by atoms with E-state index in [1.165, 1.54) is 51.2 Å². The summed E-state index contributed by atoms with van der Waals surface area (Å²) in [6.45, 7) is 3.91. The van der Waals surface area contributed by atoms with Gasteiger partial charge >= 0.3 is 0 Å². The Morgan fingerprint density at radius 1 is 1.07 bits per heavy atom. The van der Waals surface area contributed by atoms with Gasteiger partial charge in [0.15, 0.2) is 6.79 Å². The van der Waals surface area contributed by atoms with E-state index in [1.54, 1.807) is 0 Å². The Hall–Kier alpha value is -0.500. The smallest absolute Gasteiger partial charge is 0.188 e. The van der Waals surface area contributed by atoms with E-state index in [-0.39, 0.29) is 0 Å². The summed E-state index contributed by atoms with van der Waals surface area (Å²) >= 11 is 0. The molecule has 2 heteroatoms. The molecule has 0 aromatic heterocycles. The summed E-state index contributed by atoms with van der Waals surface area (Å²) in [5.41, 5.74) is 0. The molecule has 0 saturated heterocycles. The molecule has 0 radical (unpaired) electrons. The minimum atomic E-state index is 0.386. The third-order valence-corrected chi connectivity index (χ3v) is 3.98. The average Bonchev–Trinajstić information content (AvgIpc) is 2.30. The minimum absolute atomic E-state index is 0.386. The van der Waals surface area contributed by atoms with Crippen molar-refractivity contribution < 1.29 is 9.47 Å². The van der Waals surface area contributed by atoms with Crippen LogP contribution in [0.15, 0.2) is 12.8 Å². The van der Waals surface area contributed by atoms with Crippen molar-refractivity contribution in [3.63, 3.8) is 0 Å². The number of ether oxygens (including phenoxy) is 2. The van der Waals surface area contributed by atoms with E-state index in [0.717, 1.165) is 11.8 Å². The highest BCUT2D eigenvalue weighted by atomic mass is 16.7. The van der Waals surface area contributed by atoms with Gasteiger partial charge in [0.2, 0.25) is 0 Å². The Morgan fingerprint density at radius 3 is 2.73 bits per heavy atom. The Kier molecular flexibility index (Phi) is 4.07. The average molecular weight is 210 g/mol. The molecule has 86 valence electrons.